The van der Waals surface area contributed by atoms with Crippen molar-refractivity contribution in [3.63, 3.8) is 0 Å². The summed E-state index contributed by atoms with van der Waals surface area (Å²) in [4.78, 5) is 17.2. The lowest BCUT2D eigenvalue weighted by Crippen LogP contribution is -2.29. The van der Waals surface area contributed by atoms with Crippen LogP contribution >= 0.6 is 56.0 Å². The fraction of sp³-hybridized carbons (Fsp3) is 0.263. The smallest absolute Gasteiger partial charge is 0.167 e. The lowest BCUT2D eigenvalue weighted by atomic mass is 9.88. The van der Waals surface area contributed by atoms with Gasteiger partial charge in [-0.2, -0.15) is 0 Å². The maximum absolute atomic E-state index is 12.6. The molecule has 26 heavy (non-hydrogen) atoms. The van der Waals surface area contributed by atoms with E-state index in [2.05, 4.69) is 55.9 Å². The van der Waals surface area contributed by atoms with Crippen LogP contribution in [0.3, 0.4) is 0 Å². The van der Waals surface area contributed by atoms with E-state index in [-0.39, 0.29) is 23.7 Å². The normalized spacial score (nSPS) is 19.4. The molecule has 1 unspecified atom stereocenters. The van der Waals surface area contributed by atoms with E-state index in [4.69, 9.17) is 5.73 Å². The van der Waals surface area contributed by atoms with Crippen LogP contribution in [0.25, 0.3) is 0 Å². The monoisotopic (exact) mass is 516 g/mol. The third kappa shape index (κ3) is 5.12. The number of aliphatic imine (C=N–C) groups is 1. The van der Waals surface area contributed by atoms with Gasteiger partial charge in [-0.1, -0.05) is 61.8 Å². The molecule has 1 heterocycles. The molecule has 2 aromatic rings. The number of hydrogen-bond acceptors (Lipinski definition) is 4. The SMILES string of the molecule is CC1(c2cc(Br)cc(CC(=O)c3ccc(Br)cc3)c2)CCSC(N)=N1.Cl. The second-order valence-corrected chi connectivity index (χ2v) is 9.22. The molecule has 7 heteroatoms. The summed E-state index contributed by atoms with van der Waals surface area (Å²) in [7, 11) is 0. The summed E-state index contributed by atoms with van der Waals surface area (Å²) in [5, 5.41) is 0.626. The molecule has 3 nitrogen and oxygen atoms in total. The number of carbonyl (C=O) groups is 1. The summed E-state index contributed by atoms with van der Waals surface area (Å²) in [6.45, 7) is 2.10. The molecule has 1 atom stereocenters. The van der Waals surface area contributed by atoms with Crippen molar-refractivity contribution >= 4 is 67.0 Å². The number of rotatable bonds is 4. The molecule has 1 aliphatic rings. The minimum atomic E-state index is -0.339. The van der Waals surface area contributed by atoms with E-state index in [0.717, 1.165) is 32.2 Å². The van der Waals surface area contributed by atoms with Gasteiger partial charge >= 0.3 is 0 Å². The summed E-state index contributed by atoms with van der Waals surface area (Å²) in [6.07, 6.45) is 1.28. The number of hydrogen-bond donors (Lipinski definition) is 1. The van der Waals surface area contributed by atoms with Crippen molar-refractivity contribution in [2.45, 2.75) is 25.3 Å². The zero-order chi connectivity index (χ0) is 18.0. The number of nitrogens with two attached hydrogens (primary N) is 1. The van der Waals surface area contributed by atoms with E-state index in [1.807, 2.05) is 30.3 Å². The molecule has 0 saturated carbocycles. The third-order valence-corrected chi connectivity index (χ3v) is 6.09. The Labute approximate surface area is 180 Å². The molecule has 0 bridgehead atoms. The van der Waals surface area contributed by atoms with Gasteiger partial charge in [-0.05, 0) is 48.7 Å². The molecule has 0 aliphatic carbocycles. The zero-order valence-electron chi connectivity index (χ0n) is 14.2. The van der Waals surface area contributed by atoms with Gasteiger partial charge in [-0.15, -0.1) is 12.4 Å². The summed E-state index contributed by atoms with van der Waals surface area (Å²) >= 11 is 8.56. The van der Waals surface area contributed by atoms with Gasteiger partial charge in [0.05, 0.1) is 5.54 Å². The molecule has 2 aromatic carbocycles. The molecule has 138 valence electrons. The van der Waals surface area contributed by atoms with Gasteiger partial charge in [0.25, 0.3) is 0 Å². The third-order valence-electron chi connectivity index (χ3n) is 4.31. The Hall–Kier alpha value is -0.820. The van der Waals surface area contributed by atoms with Gasteiger partial charge in [0, 0.05) is 26.7 Å². The van der Waals surface area contributed by atoms with Crippen LogP contribution < -0.4 is 5.73 Å². The molecule has 1 aliphatic heterocycles. The van der Waals surface area contributed by atoms with Crippen LogP contribution in [0.15, 0.2) is 56.4 Å². The first-order valence-corrected chi connectivity index (χ1v) is 10.5. The number of halogens is 3. The number of thioether (sulfide) groups is 1. The van der Waals surface area contributed by atoms with Crippen molar-refractivity contribution in [1.82, 2.24) is 0 Å². The fourth-order valence-corrected chi connectivity index (χ4v) is 4.66. The molecule has 0 radical (unpaired) electrons. The van der Waals surface area contributed by atoms with Crippen molar-refractivity contribution in [3.05, 3.63) is 68.1 Å². The van der Waals surface area contributed by atoms with E-state index in [9.17, 15) is 4.79 Å². The Morgan fingerprint density at radius 3 is 2.54 bits per heavy atom. The summed E-state index contributed by atoms with van der Waals surface area (Å²) in [5.41, 5.74) is 8.38. The van der Waals surface area contributed by atoms with Crippen LogP contribution in [0, 0.1) is 0 Å². The number of benzene rings is 2. The molecular weight excluding hydrogens is 500 g/mol. The Bertz CT molecular complexity index is 842. The highest BCUT2D eigenvalue weighted by Gasteiger charge is 2.30. The van der Waals surface area contributed by atoms with Crippen LogP contribution in [-0.4, -0.2) is 16.7 Å². The number of carbonyl (C=O) groups excluding carboxylic acids is 1. The Morgan fingerprint density at radius 1 is 1.19 bits per heavy atom. The van der Waals surface area contributed by atoms with Gasteiger partial charge in [-0.25, -0.2) is 0 Å². The largest absolute Gasteiger partial charge is 0.379 e. The van der Waals surface area contributed by atoms with Gasteiger partial charge in [0.15, 0.2) is 11.0 Å². The van der Waals surface area contributed by atoms with Gasteiger partial charge in [-0.3, -0.25) is 9.79 Å². The van der Waals surface area contributed by atoms with Gasteiger partial charge in [0.2, 0.25) is 0 Å². The first kappa shape index (κ1) is 21.5. The highest BCUT2D eigenvalue weighted by molar-refractivity contribution is 9.10. The van der Waals surface area contributed by atoms with Gasteiger partial charge in [0.1, 0.15) is 0 Å². The molecular formula is C19H19Br2ClN2OS. The molecule has 0 spiro atoms. The lowest BCUT2D eigenvalue weighted by Gasteiger charge is -2.30. The average molecular weight is 519 g/mol. The topological polar surface area (TPSA) is 55.5 Å². The molecule has 0 saturated heterocycles. The predicted octanol–water partition coefficient (Wildman–Crippen LogP) is 5.73. The zero-order valence-corrected chi connectivity index (χ0v) is 19.0. The lowest BCUT2D eigenvalue weighted by molar-refractivity contribution is 0.0993. The quantitative estimate of drug-likeness (QED) is 0.527. The Balaban J connectivity index is 0.00000243. The summed E-state index contributed by atoms with van der Waals surface area (Å²) < 4.78 is 1.92. The molecule has 0 aromatic heterocycles. The average Bonchev–Trinajstić information content (AvgIpc) is 2.54. The van der Waals surface area contributed by atoms with Crippen LogP contribution in [0.5, 0.6) is 0 Å². The molecule has 2 N–H and O–H groups in total. The van der Waals surface area contributed by atoms with Crippen LogP contribution in [-0.2, 0) is 12.0 Å². The van der Waals surface area contributed by atoms with E-state index in [0.29, 0.717) is 17.2 Å². The predicted molar refractivity (Wildman–Crippen MR) is 120 cm³/mol. The van der Waals surface area contributed by atoms with Crippen molar-refractivity contribution in [3.8, 4) is 0 Å². The highest BCUT2D eigenvalue weighted by atomic mass is 79.9. The fourth-order valence-electron chi connectivity index (χ4n) is 2.88. The number of Topliss-reactive ketones (excluding diaryl/α,β-unsaturated/α-hetero) is 1. The first-order chi connectivity index (χ1) is 11.9. The van der Waals surface area contributed by atoms with Crippen LogP contribution in [0.4, 0.5) is 0 Å². The van der Waals surface area contributed by atoms with Crippen molar-refractivity contribution in [2.75, 3.05) is 5.75 Å². The maximum Gasteiger partial charge on any atom is 0.167 e. The van der Waals surface area contributed by atoms with E-state index in [1.165, 1.54) is 0 Å². The second-order valence-electron chi connectivity index (χ2n) is 6.28. The standard InChI is InChI=1S/C19H18Br2N2OS.ClH/c1-19(6-7-25-18(22)23-19)14-8-12(9-16(21)11-14)10-17(24)13-2-4-15(20)5-3-13;/h2-5,8-9,11H,6-7,10H2,1H3,(H2,22,23);1H. The molecule has 0 fully saturated rings. The highest BCUT2D eigenvalue weighted by Crippen LogP contribution is 2.36. The molecule has 0 amide bonds. The first-order valence-electron chi connectivity index (χ1n) is 7.92. The van der Waals surface area contributed by atoms with Crippen molar-refractivity contribution in [2.24, 2.45) is 10.7 Å². The Kier molecular flexibility index (Phi) is 7.36. The maximum atomic E-state index is 12.6. The van der Waals surface area contributed by atoms with Crippen LogP contribution in [0.1, 0.15) is 34.8 Å². The van der Waals surface area contributed by atoms with Crippen molar-refractivity contribution < 1.29 is 4.79 Å². The minimum Gasteiger partial charge on any atom is -0.379 e. The van der Waals surface area contributed by atoms with E-state index < -0.39 is 0 Å². The summed E-state index contributed by atoms with van der Waals surface area (Å²) in [6, 6.07) is 13.6. The van der Waals surface area contributed by atoms with E-state index >= 15 is 0 Å². The molecule has 3 rings (SSSR count). The summed E-state index contributed by atoms with van der Waals surface area (Å²) in [5.74, 6) is 1.05. The van der Waals surface area contributed by atoms with Gasteiger partial charge < -0.3 is 5.73 Å². The van der Waals surface area contributed by atoms with E-state index in [1.54, 1.807) is 11.8 Å². The Morgan fingerprint density at radius 2 is 1.88 bits per heavy atom. The number of ketones is 1. The minimum absolute atomic E-state index is 0. The number of nitrogens with zero attached hydrogens (tertiary/aromatic N) is 1. The number of amidine groups is 1. The van der Waals surface area contributed by atoms with Crippen LogP contribution in [0.2, 0.25) is 0 Å². The second kappa shape index (κ2) is 8.91. The van der Waals surface area contributed by atoms with Crippen molar-refractivity contribution in [1.29, 1.82) is 0 Å².